The van der Waals surface area contributed by atoms with Crippen LogP contribution in [-0.2, 0) is 40.3 Å². The Kier molecular flexibility index (Phi) is 8.12. The standard InChI is InChI=1S/C27H30N4O5/c1-31(21-12-13-21)26-22(15-25(32)33)23(17-35-2)29-24(30-26)14-18-8-10-20(11-9-18)28-27(34)36-16-19-6-4-3-5-7-19/h3-11,21H,12-17H2,1-2H3,(H,28,34)(H,32,33). The first-order valence-electron chi connectivity index (χ1n) is 11.8. The minimum atomic E-state index is -0.931. The lowest BCUT2D eigenvalue weighted by molar-refractivity contribution is -0.136. The molecule has 1 aliphatic carbocycles. The quantitative estimate of drug-likeness (QED) is 0.411. The topological polar surface area (TPSA) is 114 Å². The Labute approximate surface area is 210 Å². The summed E-state index contributed by atoms with van der Waals surface area (Å²) in [4.78, 5) is 35.1. The zero-order chi connectivity index (χ0) is 25.5. The molecule has 0 atom stereocenters. The van der Waals surface area contributed by atoms with Crippen molar-refractivity contribution in [2.45, 2.75) is 44.9 Å². The molecule has 1 aliphatic rings. The highest BCUT2D eigenvalue weighted by atomic mass is 16.5. The van der Waals surface area contributed by atoms with E-state index in [0.717, 1.165) is 24.0 Å². The van der Waals surface area contributed by atoms with Gasteiger partial charge in [0.25, 0.3) is 0 Å². The van der Waals surface area contributed by atoms with Crippen LogP contribution in [0, 0.1) is 0 Å². The molecule has 2 N–H and O–H groups in total. The molecule has 0 radical (unpaired) electrons. The van der Waals surface area contributed by atoms with E-state index in [9.17, 15) is 14.7 Å². The fourth-order valence-electron chi connectivity index (χ4n) is 3.93. The summed E-state index contributed by atoms with van der Waals surface area (Å²) >= 11 is 0. The number of carboxylic acid groups (broad SMARTS) is 1. The Hall–Kier alpha value is -3.98. The third-order valence-electron chi connectivity index (χ3n) is 5.93. The lowest BCUT2D eigenvalue weighted by Gasteiger charge is -2.23. The summed E-state index contributed by atoms with van der Waals surface area (Å²) in [6.45, 7) is 0.402. The second-order valence-electron chi connectivity index (χ2n) is 8.79. The van der Waals surface area contributed by atoms with Gasteiger partial charge in [-0.3, -0.25) is 10.1 Å². The zero-order valence-electron chi connectivity index (χ0n) is 20.4. The van der Waals surface area contributed by atoms with Gasteiger partial charge >= 0.3 is 12.1 Å². The number of aliphatic carboxylic acids is 1. The average molecular weight is 491 g/mol. The highest BCUT2D eigenvalue weighted by Gasteiger charge is 2.30. The normalized spacial score (nSPS) is 12.7. The molecule has 3 aromatic rings. The number of aromatic nitrogens is 2. The molecule has 9 nitrogen and oxygen atoms in total. The number of nitrogens with zero attached hydrogens (tertiary/aromatic N) is 3. The van der Waals surface area contributed by atoms with Crippen molar-refractivity contribution in [1.29, 1.82) is 0 Å². The number of carbonyl (C=O) groups excluding carboxylic acids is 1. The van der Waals surface area contributed by atoms with Crippen molar-refractivity contribution in [2.24, 2.45) is 0 Å². The molecular formula is C27H30N4O5. The predicted octanol–water partition coefficient (Wildman–Crippen LogP) is 4.19. The summed E-state index contributed by atoms with van der Waals surface area (Å²) in [7, 11) is 3.51. The minimum Gasteiger partial charge on any atom is -0.481 e. The predicted molar refractivity (Wildman–Crippen MR) is 135 cm³/mol. The number of hydrogen-bond donors (Lipinski definition) is 2. The van der Waals surface area contributed by atoms with Gasteiger partial charge in [0, 0.05) is 37.9 Å². The van der Waals surface area contributed by atoms with Gasteiger partial charge in [0.1, 0.15) is 18.2 Å². The van der Waals surface area contributed by atoms with E-state index in [-0.39, 0.29) is 19.6 Å². The molecule has 0 saturated heterocycles. The second kappa shape index (κ2) is 11.6. The van der Waals surface area contributed by atoms with Crippen LogP contribution in [0.2, 0.25) is 0 Å². The van der Waals surface area contributed by atoms with Gasteiger partial charge in [0.2, 0.25) is 0 Å². The number of methoxy groups -OCH3 is 1. The van der Waals surface area contributed by atoms with E-state index in [4.69, 9.17) is 14.5 Å². The molecule has 1 aromatic heterocycles. The van der Waals surface area contributed by atoms with Gasteiger partial charge in [0.05, 0.1) is 18.7 Å². The average Bonchev–Trinajstić information content (AvgIpc) is 3.71. The van der Waals surface area contributed by atoms with Crippen LogP contribution >= 0.6 is 0 Å². The monoisotopic (exact) mass is 490 g/mol. The van der Waals surface area contributed by atoms with Crippen molar-refractivity contribution in [1.82, 2.24) is 9.97 Å². The molecule has 0 bridgehead atoms. The Morgan fingerprint density at radius 1 is 1.03 bits per heavy atom. The number of benzene rings is 2. The first-order valence-corrected chi connectivity index (χ1v) is 11.8. The molecule has 188 valence electrons. The Morgan fingerprint density at radius 3 is 2.39 bits per heavy atom. The molecule has 2 aromatic carbocycles. The van der Waals surface area contributed by atoms with Crippen LogP contribution in [-0.4, -0.2) is 47.3 Å². The van der Waals surface area contributed by atoms with Crippen molar-refractivity contribution >= 4 is 23.6 Å². The molecule has 0 unspecified atom stereocenters. The first kappa shape index (κ1) is 25.1. The summed E-state index contributed by atoms with van der Waals surface area (Å²) < 4.78 is 10.6. The van der Waals surface area contributed by atoms with Gasteiger partial charge < -0.3 is 19.5 Å². The molecule has 1 heterocycles. The van der Waals surface area contributed by atoms with Gasteiger partial charge in [0.15, 0.2) is 0 Å². The fourth-order valence-corrected chi connectivity index (χ4v) is 3.93. The maximum atomic E-state index is 12.1. The van der Waals surface area contributed by atoms with E-state index in [1.807, 2.05) is 49.5 Å². The maximum Gasteiger partial charge on any atom is 0.411 e. The molecule has 1 saturated carbocycles. The lowest BCUT2D eigenvalue weighted by Crippen LogP contribution is -2.25. The third kappa shape index (κ3) is 6.79. The van der Waals surface area contributed by atoms with Gasteiger partial charge in [-0.1, -0.05) is 42.5 Å². The molecule has 4 rings (SSSR count). The van der Waals surface area contributed by atoms with E-state index in [1.165, 1.54) is 0 Å². The third-order valence-corrected chi connectivity index (χ3v) is 5.93. The number of ether oxygens (including phenoxy) is 2. The maximum absolute atomic E-state index is 12.1. The van der Waals surface area contributed by atoms with E-state index < -0.39 is 12.1 Å². The van der Waals surface area contributed by atoms with Gasteiger partial charge in [-0.15, -0.1) is 0 Å². The Morgan fingerprint density at radius 2 is 1.75 bits per heavy atom. The number of rotatable bonds is 11. The van der Waals surface area contributed by atoms with E-state index in [0.29, 0.717) is 41.0 Å². The van der Waals surface area contributed by atoms with E-state index in [2.05, 4.69) is 15.2 Å². The smallest absolute Gasteiger partial charge is 0.411 e. The molecular weight excluding hydrogens is 460 g/mol. The number of carboxylic acids is 1. The number of anilines is 2. The van der Waals surface area contributed by atoms with E-state index in [1.54, 1.807) is 19.2 Å². The molecule has 1 amide bonds. The molecule has 0 spiro atoms. The highest BCUT2D eigenvalue weighted by Crippen LogP contribution is 2.32. The van der Waals surface area contributed by atoms with Crippen molar-refractivity contribution in [2.75, 3.05) is 24.4 Å². The lowest BCUT2D eigenvalue weighted by atomic mass is 10.1. The molecule has 9 heteroatoms. The largest absolute Gasteiger partial charge is 0.481 e. The van der Waals surface area contributed by atoms with Crippen molar-refractivity contribution in [3.8, 4) is 0 Å². The van der Waals surface area contributed by atoms with Crippen LogP contribution in [0.1, 0.15) is 41.1 Å². The van der Waals surface area contributed by atoms with Gasteiger partial charge in [-0.2, -0.15) is 0 Å². The summed E-state index contributed by atoms with van der Waals surface area (Å²) in [5, 5.41) is 12.2. The number of hydrogen-bond acceptors (Lipinski definition) is 7. The van der Waals surface area contributed by atoms with Crippen LogP contribution in [0.5, 0.6) is 0 Å². The summed E-state index contributed by atoms with van der Waals surface area (Å²) in [6.07, 6.45) is 1.88. The van der Waals surface area contributed by atoms with Crippen LogP contribution in [0.25, 0.3) is 0 Å². The molecule has 1 fully saturated rings. The van der Waals surface area contributed by atoms with Crippen LogP contribution < -0.4 is 10.2 Å². The Balaban J connectivity index is 1.46. The van der Waals surface area contributed by atoms with Gasteiger partial charge in [-0.25, -0.2) is 14.8 Å². The van der Waals surface area contributed by atoms with Crippen LogP contribution in [0.3, 0.4) is 0 Å². The number of nitrogens with one attached hydrogen (secondary N) is 1. The van der Waals surface area contributed by atoms with Crippen molar-refractivity contribution in [3.05, 3.63) is 82.8 Å². The van der Waals surface area contributed by atoms with Crippen molar-refractivity contribution < 1.29 is 24.2 Å². The van der Waals surface area contributed by atoms with E-state index >= 15 is 0 Å². The Bertz CT molecular complexity index is 1200. The van der Waals surface area contributed by atoms with Crippen LogP contribution in [0.15, 0.2) is 54.6 Å². The summed E-state index contributed by atoms with van der Waals surface area (Å²) in [5.74, 6) is 0.303. The summed E-state index contributed by atoms with van der Waals surface area (Å²) in [6, 6.07) is 17.2. The molecule has 36 heavy (non-hydrogen) atoms. The van der Waals surface area contributed by atoms with Crippen LogP contribution in [0.4, 0.5) is 16.3 Å². The van der Waals surface area contributed by atoms with Gasteiger partial charge in [-0.05, 0) is 36.1 Å². The highest BCUT2D eigenvalue weighted by molar-refractivity contribution is 5.84. The zero-order valence-corrected chi connectivity index (χ0v) is 20.4. The minimum absolute atomic E-state index is 0.161. The summed E-state index contributed by atoms with van der Waals surface area (Å²) in [5.41, 5.74) is 3.66. The number of carbonyl (C=O) groups is 2. The fraction of sp³-hybridized carbons (Fsp3) is 0.333. The second-order valence-corrected chi connectivity index (χ2v) is 8.79. The first-order chi connectivity index (χ1) is 17.4. The SMILES string of the molecule is COCc1nc(Cc2ccc(NC(=O)OCc3ccccc3)cc2)nc(N(C)C2CC2)c1CC(=O)O. The molecule has 0 aliphatic heterocycles. The number of amides is 1. The van der Waals surface area contributed by atoms with Crippen molar-refractivity contribution in [3.63, 3.8) is 0 Å².